The summed E-state index contributed by atoms with van der Waals surface area (Å²) in [5.74, 6) is 0. The van der Waals surface area contributed by atoms with E-state index in [1.165, 1.54) is 186 Å². The molecule has 242 valence electrons. The van der Waals surface area contributed by atoms with Gasteiger partial charge in [-0.15, -0.1) is 0 Å². The van der Waals surface area contributed by atoms with Gasteiger partial charge in [-0.3, -0.25) is 0 Å². The largest absolute Gasteiger partial charge is 0.500 e. The van der Waals surface area contributed by atoms with Crippen molar-refractivity contribution in [2.24, 2.45) is 0 Å². The zero-order valence-corrected chi connectivity index (χ0v) is 29.4. The second-order valence-corrected chi connectivity index (χ2v) is 15.6. The first-order valence-corrected chi connectivity index (χ1v) is 20.4. The monoisotopic (exact) mass is 585 g/mol. The Kier molecular flexibility index (Phi) is 33.7. The Balaban J connectivity index is 3.51. The number of unbranched alkanes of at least 4 members (excludes halogenated alkanes) is 28. The minimum absolute atomic E-state index is 0.797. The molecule has 0 amide bonds. The molecule has 0 saturated heterocycles. The molecule has 0 aliphatic heterocycles. The van der Waals surface area contributed by atoms with Crippen LogP contribution in [-0.2, 0) is 13.3 Å². The fourth-order valence-electron chi connectivity index (χ4n) is 5.89. The molecule has 4 heteroatoms. The molecular formula is C36H76O3Si. The van der Waals surface area contributed by atoms with Gasteiger partial charge >= 0.3 is 8.80 Å². The van der Waals surface area contributed by atoms with E-state index >= 15 is 0 Å². The molecule has 0 aliphatic rings. The van der Waals surface area contributed by atoms with Gasteiger partial charge in [0.25, 0.3) is 0 Å². The van der Waals surface area contributed by atoms with Gasteiger partial charge < -0.3 is 13.3 Å². The van der Waals surface area contributed by atoms with Crippen LogP contribution in [0.25, 0.3) is 0 Å². The Hall–Kier alpha value is 0.0969. The Bertz CT molecular complexity index is 455. The SMILES string of the molecule is CCCCCCCCCCCCCCCCCO[Si](CCCCCCCCCCCCCCCCC)(OC)OC. The van der Waals surface area contributed by atoms with Gasteiger partial charge in [-0.25, -0.2) is 0 Å². The minimum atomic E-state index is -2.46. The van der Waals surface area contributed by atoms with Crippen molar-refractivity contribution in [2.75, 3.05) is 20.8 Å². The standard InChI is InChI=1S/C36H76O3Si/c1-5-7-9-11-13-15-17-19-21-23-25-27-29-31-33-35-39-40(37-3,38-4)36-34-32-30-28-26-24-22-20-18-16-14-12-10-8-6-2/h5-36H2,1-4H3. The van der Waals surface area contributed by atoms with Crippen molar-refractivity contribution in [3.05, 3.63) is 0 Å². The maximum absolute atomic E-state index is 6.26. The summed E-state index contributed by atoms with van der Waals surface area (Å²) in [4.78, 5) is 0. The van der Waals surface area contributed by atoms with Gasteiger partial charge in [-0.05, 0) is 12.8 Å². The van der Waals surface area contributed by atoms with Gasteiger partial charge in [0, 0.05) is 26.9 Å². The summed E-state index contributed by atoms with van der Waals surface area (Å²) in [6.45, 7) is 5.39. The topological polar surface area (TPSA) is 27.7 Å². The van der Waals surface area contributed by atoms with Crippen molar-refractivity contribution in [1.29, 1.82) is 0 Å². The number of rotatable bonds is 35. The summed E-state index contributed by atoms with van der Waals surface area (Å²) in [7, 11) is 1.11. The first-order valence-electron chi connectivity index (χ1n) is 18.5. The van der Waals surface area contributed by atoms with E-state index in [-0.39, 0.29) is 0 Å². The van der Waals surface area contributed by atoms with Crippen molar-refractivity contribution >= 4 is 8.80 Å². The van der Waals surface area contributed by atoms with Crippen LogP contribution >= 0.6 is 0 Å². The molecule has 0 heterocycles. The maximum atomic E-state index is 6.26. The smallest absolute Gasteiger partial charge is 0.377 e. The molecule has 0 atom stereocenters. The molecule has 0 rings (SSSR count). The molecule has 0 fully saturated rings. The lowest BCUT2D eigenvalue weighted by atomic mass is 10.0. The van der Waals surface area contributed by atoms with Gasteiger partial charge in [-0.1, -0.05) is 194 Å². The molecule has 0 bridgehead atoms. The molecule has 0 radical (unpaired) electrons. The van der Waals surface area contributed by atoms with Crippen molar-refractivity contribution in [3.8, 4) is 0 Å². The fourth-order valence-corrected chi connectivity index (χ4v) is 7.98. The lowest BCUT2D eigenvalue weighted by Crippen LogP contribution is -2.44. The Morgan fingerprint density at radius 2 is 0.575 bits per heavy atom. The average Bonchev–Trinajstić information content (AvgIpc) is 2.98. The van der Waals surface area contributed by atoms with Crippen molar-refractivity contribution in [3.63, 3.8) is 0 Å². The third-order valence-electron chi connectivity index (χ3n) is 8.78. The quantitative estimate of drug-likeness (QED) is 0.0547. The van der Waals surface area contributed by atoms with Gasteiger partial charge in [0.2, 0.25) is 0 Å². The zero-order chi connectivity index (χ0) is 29.2. The van der Waals surface area contributed by atoms with E-state index in [0.29, 0.717) is 0 Å². The third kappa shape index (κ3) is 28.2. The van der Waals surface area contributed by atoms with Crippen LogP contribution in [0.3, 0.4) is 0 Å². The minimum Gasteiger partial charge on any atom is -0.377 e. The van der Waals surface area contributed by atoms with Crippen LogP contribution in [0, 0.1) is 0 Å². The summed E-state index contributed by atoms with van der Waals surface area (Å²) >= 11 is 0. The van der Waals surface area contributed by atoms with Crippen LogP contribution < -0.4 is 0 Å². The van der Waals surface area contributed by atoms with E-state index in [1.54, 1.807) is 14.2 Å². The Morgan fingerprint density at radius 3 is 0.850 bits per heavy atom. The molecule has 0 N–H and O–H groups in total. The second kappa shape index (κ2) is 33.6. The molecule has 0 aromatic heterocycles. The van der Waals surface area contributed by atoms with Crippen molar-refractivity contribution in [1.82, 2.24) is 0 Å². The Morgan fingerprint density at radius 1 is 0.325 bits per heavy atom. The highest BCUT2D eigenvalue weighted by Crippen LogP contribution is 2.21. The van der Waals surface area contributed by atoms with Crippen LogP contribution in [0.2, 0.25) is 6.04 Å². The molecular weight excluding hydrogens is 508 g/mol. The van der Waals surface area contributed by atoms with Crippen molar-refractivity contribution < 1.29 is 13.3 Å². The predicted octanol–water partition coefficient (Wildman–Crippen LogP) is 13.0. The molecule has 0 unspecified atom stereocenters. The molecule has 0 spiro atoms. The zero-order valence-electron chi connectivity index (χ0n) is 28.4. The predicted molar refractivity (Wildman–Crippen MR) is 180 cm³/mol. The summed E-state index contributed by atoms with van der Waals surface area (Å²) < 4.78 is 17.9. The lowest BCUT2D eigenvalue weighted by Gasteiger charge is -2.26. The van der Waals surface area contributed by atoms with Gasteiger partial charge in [-0.2, -0.15) is 0 Å². The highest BCUT2D eigenvalue weighted by atomic mass is 28.4. The summed E-state index contributed by atoms with van der Waals surface area (Å²) in [5.41, 5.74) is 0. The first kappa shape index (κ1) is 40.1. The van der Waals surface area contributed by atoms with Crippen LogP contribution in [0.1, 0.15) is 206 Å². The van der Waals surface area contributed by atoms with Crippen LogP contribution in [-0.4, -0.2) is 29.6 Å². The summed E-state index contributed by atoms with van der Waals surface area (Å²) in [6.07, 6.45) is 41.8. The van der Waals surface area contributed by atoms with E-state index in [9.17, 15) is 0 Å². The fraction of sp³-hybridized carbons (Fsp3) is 1.00. The number of hydrogen-bond acceptors (Lipinski definition) is 3. The lowest BCUT2D eigenvalue weighted by molar-refractivity contribution is 0.0955. The first-order chi connectivity index (χ1) is 19.7. The molecule has 0 saturated carbocycles. The van der Waals surface area contributed by atoms with Gasteiger partial charge in [0.1, 0.15) is 0 Å². The molecule has 0 aromatic carbocycles. The Labute approximate surface area is 255 Å². The molecule has 3 nitrogen and oxygen atoms in total. The highest BCUT2D eigenvalue weighted by molar-refractivity contribution is 6.60. The van der Waals surface area contributed by atoms with Crippen LogP contribution in [0.4, 0.5) is 0 Å². The van der Waals surface area contributed by atoms with E-state index in [0.717, 1.165) is 19.1 Å². The van der Waals surface area contributed by atoms with Gasteiger partial charge in [0.15, 0.2) is 0 Å². The van der Waals surface area contributed by atoms with Gasteiger partial charge in [0.05, 0.1) is 0 Å². The van der Waals surface area contributed by atoms with Crippen LogP contribution in [0.15, 0.2) is 0 Å². The summed E-state index contributed by atoms with van der Waals surface area (Å²) in [6, 6.07) is 0.969. The average molecular weight is 585 g/mol. The number of hydrogen-bond donors (Lipinski definition) is 0. The van der Waals surface area contributed by atoms with E-state index in [2.05, 4.69) is 13.8 Å². The maximum Gasteiger partial charge on any atom is 0.500 e. The van der Waals surface area contributed by atoms with E-state index in [1.807, 2.05) is 0 Å². The molecule has 0 aromatic rings. The van der Waals surface area contributed by atoms with Crippen molar-refractivity contribution in [2.45, 2.75) is 213 Å². The normalized spacial score (nSPS) is 12.0. The second-order valence-electron chi connectivity index (χ2n) is 12.6. The van der Waals surface area contributed by atoms with E-state index < -0.39 is 8.80 Å². The van der Waals surface area contributed by atoms with E-state index in [4.69, 9.17) is 13.3 Å². The molecule has 40 heavy (non-hydrogen) atoms. The highest BCUT2D eigenvalue weighted by Gasteiger charge is 2.38. The van der Waals surface area contributed by atoms with Crippen LogP contribution in [0.5, 0.6) is 0 Å². The molecule has 0 aliphatic carbocycles. The summed E-state index contributed by atoms with van der Waals surface area (Å²) in [5, 5.41) is 0. The third-order valence-corrected chi connectivity index (χ3v) is 11.6.